The van der Waals surface area contributed by atoms with Gasteiger partial charge in [-0.1, -0.05) is 6.92 Å². The highest BCUT2D eigenvalue weighted by Gasteiger charge is 2.17. The van der Waals surface area contributed by atoms with Crippen LogP contribution in [0.3, 0.4) is 0 Å². The van der Waals surface area contributed by atoms with Gasteiger partial charge in [0.1, 0.15) is 0 Å². The Kier molecular flexibility index (Phi) is 10.2. The molecule has 142 valence electrons. The molecule has 1 amide bonds. The SMILES string of the molecule is CCCOc1c(Br)cc(C(=O)NCCC2CCCNC2)cc1OC.Cl. The Morgan fingerprint density at radius 3 is 2.88 bits per heavy atom. The van der Waals surface area contributed by atoms with Gasteiger partial charge in [0.25, 0.3) is 5.91 Å². The van der Waals surface area contributed by atoms with Crippen LogP contribution in [0.4, 0.5) is 0 Å². The summed E-state index contributed by atoms with van der Waals surface area (Å²) in [5.74, 6) is 1.79. The van der Waals surface area contributed by atoms with Gasteiger partial charge in [0.15, 0.2) is 11.5 Å². The zero-order valence-electron chi connectivity index (χ0n) is 14.9. The largest absolute Gasteiger partial charge is 0.493 e. The van der Waals surface area contributed by atoms with Crippen LogP contribution < -0.4 is 20.1 Å². The number of nitrogens with one attached hydrogen (secondary N) is 2. The van der Waals surface area contributed by atoms with Crippen molar-refractivity contribution in [1.82, 2.24) is 10.6 Å². The van der Waals surface area contributed by atoms with Crippen LogP contribution in [0.15, 0.2) is 16.6 Å². The third kappa shape index (κ3) is 6.68. The van der Waals surface area contributed by atoms with E-state index >= 15 is 0 Å². The smallest absolute Gasteiger partial charge is 0.251 e. The maximum atomic E-state index is 12.4. The van der Waals surface area contributed by atoms with Crippen molar-refractivity contribution in [3.05, 3.63) is 22.2 Å². The highest BCUT2D eigenvalue weighted by Crippen LogP contribution is 2.36. The van der Waals surface area contributed by atoms with Crippen LogP contribution >= 0.6 is 28.3 Å². The van der Waals surface area contributed by atoms with E-state index in [0.717, 1.165) is 30.4 Å². The Balaban J connectivity index is 0.00000312. The van der Waals surface area contributed by atoms with Crippen molar-refractivity contribution in [3.63, 3.8) is 0 Å². The minimum atomic E-state index is -0.0835. The zero-order valence-corrected chi connectivity index (χ0v) is 17.3. The van der Waals surface area contributed by atoms with Crippen LogP contribution in [0.1, 0.15) is 43.0 Å². The van der Waals surface area contributed by atoms with Gasteiger partial charge >= 0.3 is 0 Å². The van der Waals surface area contributed by atoms with E-state index in [1.165, 1.54) is 12.8 Å². The first kappa shape index (κ1) is 22.1. The van der Waals surface area contributed by atoms with Crippen LogP contribution in [-0.2, 0) is 0 Å². The van der Waals surface area contributed by atoms with Gasteiger partial charge in [-0.25, -0.2) is 0 Å². The topological polar surface area (TPSA) is 59.6 Å². The van der Waals surface area contributed by atoms with Crippen molar-refractivity contribution in [2.75, 3.05) is 33.4 Å². The van der Waals surface area contributed by atoms with Crippen molar-refractivity contribution in [2.24, 2.45) is 5.92 Å². The first-order chi connectivity index (χ1) is 11.7. The van der Waals surface area contributed by atoms with Crippen LogP contribution in [0, 0.1) is 5.92 Å². The summed E-state index contributed by atoms with van der Waals surface area (Å²) in [5.41, 5.74) is 0.573. The van der Waals surface area contributed by atoms with Crippen LogP contribution in [-0.4, -0.2) is 39.3 Å². The van der Waals surface area contributed by atoms with Gasteiger partial charge < -0.3 is 20.1 Å². The third-order valence-electron chi connectivity index (χ3n) is 4.18. The predicted molar refractivity (Wildman–Crippen MR) is 106 cm³/mol. The quantitative estimate of drug-likeness (QED) is 0.652. The summed E-state index contributed by atoms with van der Waals surface area (Å²) in [4.78, 5) is 12.4. The summed E-state index contributed by atoms with van der Waals surface area (Å²) in [6.45, 7) is 5.51. The third-order valence-corrected chi connectivity index (χ3v) is 4.77. The van der Waals surface area contributed by atoms with Crippen LogP contribution in [0.2, 0.25) is 0 Å². The molecule has 2 N–H and O–H groups in total. The lowest BCUT2D eigenvalue weighted by Crippen LogP contribution is -2.33. The standard InChI is InChI=1S/C18H27BrN2O3.ClH/c1-3-9-24-17-15(19)10-14(11-16(17)23-2)18(22)21-8-6-13-5-4-7-20-12-13;/h10-11,13,20H,3-9,12H2,1-2H3,(H,21,22);1H. The maximum absolute atomic E-state index is 12.4. The van der Waals surface area contributed by atoms with Gasteiger partial charge in [-0.2, -0.15) is 0 Å². The second kappa shape index (κ2) is 11.6. The molecule has 0 bridgehead atoms. The van der Waals surface area contributed by atoms with Gasteiger partial charge in [0.2, 0.25) is 0 Å². The number of halogens is 2. The minimum Gasteiger partial charge on any atom is -0.493 e. The molecule has 1 aromatic carbocycles. The number of hydrogen-bond acceptors (Lipinski definition) is 4. The van der Waals surface area contributed by atoms with Crippen molar-refractivity contribution in [2.45, 2.75) is 32.6 Å². The van der Waals surface area contributed by atoms with Gasteiger partial charge in [-0.05, 0) is 72.8 Å². The Morgan fingerprint density at radius 1 is 1.44 bits per heavy atom. The molecule has 2 rings (SSSR count). The first-order valence-corrected chi connectivity index (χ1v) is 9.44. The highest BCUT2D eigenvalue weighted by molar-refractivity contribution is 9.10. The summed E-state index contributed by atoms with van der Waals surface area (Å²) in [5, 5.41) is 6.40. The number of piperidine rings is 1. The predicted octanol–water partition coefficient (Wildman–Crippen LogP) is 3.79. The molecule has 1 atom stereocenters. The van der Waals surface area contributed by atoms with Crippen LogP contribution in [0.5, 0.6) is 11.5 Å². The second-order valence-corrected chi connectivity index (χ2v) is 6.95. The fourth-order valence-electron chi connectivity index (χ4n) is 2.86. The lowest BCUT2D eigenvalue weighted by Gasteiger charge is -2.22. The van der Waals surface area contributed by atoms with Gasteiger partial charge in [0, 0.05) is 12.1 Å². The normalized spacial score (nSPS) is 16.7. The monoisotopic (exact) mass is 434 g/mol. The molecule has 7 heteroatoms. The van der Waals surface area contributed by atoms with Crippen molar-refractivity contribution in [3.8, 4) is 11.5 Å². The van der Waals surface area contributed by atoms with E-state index in [0.29, 0.717) is 36.1 Å². The van der Waals surface area contributed by atoms with Gasteiger partial charge in [-0.3, -0.25) is 4.79 Å². The Morgan fingerprint density at radius 2 is 2.24 bits per heavy atom. The molecular formula is C18H28BrClN2O3. The lowest BCUT2D eigenvalue weighted by molar-refractivity contribution is 0.0950. The number of ether oxygens (including phenoxy) is 2. The number of amides is 1. The molecule has 1 aliphatic heterocycles. The number of carbonyl (C=O) groups excluding carboxylic acids is 1. The number of benzene rings is 1. The molecule has 1 fully saturated rings. The maximum Gasteiger partial charge on any atom is 0.251 e. The first-order valence-electron chi connectivity index (χ1n) is 8.65. The van der Waals surface area contributed by atoms with E-state index in [9.17, 15) is 4.79 Å². The molecule has 1 saturated heterocycles. The molecule has 0 aliphatic carbocycles. The average molecular weight is 436 g/mol. The molecule has 0 spiro atoms. The van der Waals surface area contributed by atoms with E-state index in [4.69, 9.17) is 9.47 Å². The molecule has 0 radical (unpaired) electrons. The molecule has 0 saturated carbocycles. The zero-order chi connectivity index (χ0) is 17.4. The summed E-state index contributed by atoms with van der Waals surface area (Å²) >= 11 is 3.47. The van der Waals surface area contributed by atoms with E-state index in [2.05, 4.69) is 26.6 Å². The van der Waals surface area contributed by atoms with Crippen molar-refractivity contribution < 1.29 is 14.3 Å². The number of methoxy groups -OCH3 is 1. The Labute approximate surface area is 164 Å². The fraction of sp³-hybridized carbons (Fsp3) is 0.611. The summed E-state index contributed by atoms with van der Waals surface area (Å²) in [6, 6.07) is 3.51. The molecule has 0 aromatic heterocycles. The van der Waals surface area contributed by atoms with Gasteiger partial charge in [-0.15, -0.1) is 12.4 Å². The highest BCUT2D eigenvalue weighted by atomic mass is 79.9. The molecule has 1 unspecified atom stereocenters. The number of hydrogen-bond donors (Lipinski definition) is 2. The fourth-order valence-corrected chi connectivity index (χ4v) is 3.41. The summed E-state index contributed by atoms with van der Waals surface area (Å²) < 4.78 is 11.8. The molecule has 25 heavy (non-hydrogen) atoms. The minimum absolute atomic E-state index is 0. The van der Waals surface area contributed by atoms with Crippen molar-refractivity contribution >= 4 is 34.2 Å². The van der Waals surface area contributed by atoms with Crippen molar-refractivity contribution in [1.29, 1.82) is 0 Å². The van der Waals surface area contributed by atoms with E-state index in [1.54, 1.807) is 19.2 Å². The van der Waals surface area contributed by atoms with E-state index in [1.807, 2.05) is 6.92 Å². The molecule has 1 aliphatic rings. The lowest BCUT2D eigenvalue weighted by atomic mass is 9.96. The average Bonchev–Trinajstić information content (AvgIpc) is 2.60. The molecule has 1 aromatic rings. The van der Waals surface area contributed by atoms with Crippen LogP contribution in [0.25, 0.3) is 0 Å². The summed E-state index contributed by atoms with van der Waals surface area (Å²) in [7, 11) is 1.58. The number of carbonyl (C=O) groups is 1. The summed E-state index contributed by atoms with van der Waals surface area (Å²) in [6.07, 6.45) is 4.39. The molecular weight excluding hydrogens is 408 g/mol. The van der Waals surface area contributed by atoms with Gasteiger partial charge in [0.05, 0.1) is 18.2 Å². The molecule has 5 nitrogen and oxygen atoms in total. The Hall–Kier alpha value is -0.980. The molecule has 1 heterocycles. The van der Waals surface area contributed by atoms with E-state index in [-0.39, 0.29) is 18.3 Å². The van der Waals surface area contributed by atoms with E-state index < -0.39 is 0 Å². The Bertz CT molecular complexity index is 551. The number of rotatable bonds is 8. The second-order valence-electron chi connectivity index (χ2n) is 6.09.